The summed E-state index contributed by atoms with van der Waals surface area (Å²) in [5.74, 6) is 0. The summed E-state index contributed by atoms with van der Waals surface area (Å²) < 4.78 is 0. The SMILES string of the molecule is CCCN(CC(C)(C)CN)C(CC)c1ccc(Cl)cc1. The Labute approximate surface area is 129 Å². The van der Waals surface area contributed by atoms with Gasteiger partial charge >= 0.3 is 0 Å². The average Bonchev–Trinajstić information content (AvgIpc) is 2.41. The van der Waals surface area contributed by atoms with Crippen molar-refractivity contribution in [2.75, 3.05) is 19.6 Å². The highest BCUT2D eigenvalue weighted by atomic mass is 35.5. The molecule has 0 saturated heterocycles. The summed E-state index contributed by atoms with van der Waals surface area (Å²) in [5.41, 5.74) is 7.40. The molecular weight excluding hydrogens is 268 g/mol. The Balaban J connectivity index is 2.93. The summed E-state index contributed by atoms with van der Waals surface area (Å²) in [5, 5.41) is 0.799. The number of nitrogens with two attached hydrogens (primary N) is 1. The van der Waals surface area contributed by atoms with Crippen molar-refractivity contribution in [3.8, 4) is 0 Å². The van der Waals surface area contributed by atoms with Gasteiger partial charge in [-0.25, -0.2) is 0 Å². The second kappa shape index (κ2) is 8.02. The Kier molecular flexibility index (Phi) is 7.01. The van der Waals surface area contributed by atoms with Crippen molar-refractivity contribution in [2.24, 2.45) is 11.1 Å². The summed E-state index contributed by atoms with van der Waals surface area (Å²) in [7, 11) is 0. The maximum absolute atomic E-state index is 6.00. The molecule has 1 unspecified atom stereocenters. The van der Waals surface area contributed by atoms with E-state index in [2.05, 4.69) is 44.7 Å². The normalized spacial score (nSPS) is 13.8. The molecule has 0 aromatic heterocycles. The number of hydrogen-bond acceptors (Lipinski definition) is 2. The third-order valence-electron chi connectivity index (χ3n) is 3.78. The van der Waals surface area contributed by atoms with Crippen molar-refractivity contribution < 1.29 is 0 Å². The minimum Gasteiger partial charge on any atom is -0.330 e. The van der Waals surface area contributed by atoms with Gasteiger partial charge in [0.1, 0.15) is 0 Å². The molecule has 0 aliphatic carbocycles. The number of nitrogens with zero attached hydrogens (tertiary/aromatic N) is 1. The first-order valence-corrected chi connectivity index (χ1v) is 8.01. The fraction of sp³-hybridized carbons (Fsp3) is 0.647. The van der Waals surface area contributed by atoms with E-state index in [1.165, 1.54) is 5.56 Å². The summed E-state index contributed by atoms with van der Waals surface area (Å²) in [6.45, 7) is 11.8. The zero-order valence-corrected chi connectivity index (χ0v) is 14.1. The van der Waals surface area contributed by atoms with Gasteiger partial charge in [-0.1, -0.05) is 51.4 Å². The van der Waals surface area contributed by atoms with Gasteiger partial charge in [-0.3, -0.25) is 4.90 Å². The van der Waals surface area contributed by atoms with Crippen LogP contribution in [0.2, 0.25) is 5.02 Å². The summed E-state index contributed by atoms with van der Waals surface area (Å²) >= 11 is 6.00. The van der Waals surface area contributed by atoms with Crippen molar-refractivity contribution >= 4 is 11.6 Å². The maximum Gasteiger partial charge on any atom is 0.0406 e. The van der Waals surface area contributed by atoms with E-state index >= 15 is 0 Å². The Bertz CT molecular complexity index is 386. The molecule has 0 amide bonds. The molecular formula is C17H29ClN2. The van der Waals surface area contributed by atoms with Gasteiger partial charge < -0.3 is 5.73 Å². The first-order valence-electron chi connectivity index (χ1n) is 7.63. The topological polar surface area (TPSA) is 29.3 Å². The Morgan fingerprint density at radius 3 is 2.25 bits per heavy atom. The van der Waals surface area contributed by atoms with Crippen molar-refractivity contribution in [1.82, 2.24) is 4.90 Å². The van der Waals surface area contributed by atoms with E-state index in [1.54, 1.807) is 0 Å². The predicted molar refractivity (Wildman–Crippen MR) is 89.2 cm³/mol. The molecule has 1 atom stereocenters. The van der Waals surface area contributed by atoms with Crippen LogP contribution in [0.3, 0.4) is 0 Å². The van der Waals surface area contributed by atoms with Gasteiger partial charge in [-0.15, -0.1) is 0 Å². The molecule has 3 heteroatoms. The zero-order valence-electron chi connectivity index (χ0n) is 13.3. The van der Waals surface area contributed by atoms with Gasteiger partial charge in [0.15, 0.2) is 0 Å². The molecule has 0 saturated carbocycles. The first-order chi connectivity index (χ1) is 9.43. The van der Waals surface area contributed by atoms with Gasteiger partial charge in [0, 0.05) is 17.6 Å². The second-order valence-electron chi connectivity index (χ2n) is 6.31. The van der Waals surface area contributed by atoms with Crippen LogP contribution in [0, 0.1) is 5.41 Å². The molecule has 2 nitrogen and oxygen atoms in total. The highest BCUT2D eigenvalue weighted by Crippen LogP contribution is 2.29. The fourth-order valence-electron chi connectivity index (χ4n) is 2.64. The van der Waals surface area contributed by atoms with Crippen LogP contribution in [0.1, 0.15) is 52.1 Å². The first kappa shape index (κ1) is 17.5. The minimum atomic E-state index is 0.148. The summed E-state index contributed by atoms with van der Waals surface area (Å²) in [6, 6.07) is 8.71. The van der Waals surface area contributed by atoms with E-state index in [9.17, 15) is 0 Å². The Morgan fingerprint density at radius 1 is 1.20 bits per heavy atom. The van der Waals surface area contributed by atoms with Crippen LogP contribution in [0.15, 0.2) is 24.3 Å². The Hall–Kier alpha value is -0.570. The molecule has 20 heavy (non-hydrogen) atoms. The highest BCUT2D eigenvalue weighted by molar-refractivity contribution is 6.30. The lowest BCUT2D eigenvalue weighted by Gasteiger charge is -2.37. The number of benzene rings is 1. The van der Waals surface area contributed by atoms with Gasteiger partial charge in [0.05, 0.1) is 0 Å². The van der Waals surface area contributed by atoms with Crippen LogP contribution in [0.5, 0.6) is 0 Å². The zero-order chi connectivity index (χ0) is 15.2. The van der Waals surface area contributed by atoms with E-state index in [4.69, 9.17) is 17.3 Å². The van der Waals surface area contributed by atoms with Crippen LogP contribution in [0.25, 0.3) is 0 Å². The monoisotopic (exact) mass is 296 g/mol. The van der Waals surface area contributed by atoms with Crippen molar-refractivity contribution in [2.45, 2.75) is 46.6 Å². The van der Waals surface area contributed by atoms with Crippen molar-refractivity contribution in [1.29, 1.82) is 0 Å². The number of hydrogen-bond donors (Lipinski definition) is 1. The molecule has 0 fully saturated rings. The van der Waals surface area contributed by atoms with E-state index in [0.717, 1.165) is 31.0 Å². The Morgan fingerprint density at radius 2 is 1.80 bits per heavy atom. The van der Waals surface area contributed by atoms with Gasteiger partial charge in [-0.2, -0.15) is 0 Å². The lowest BCUT2D eigenvalue weighted by molar-refractivity contribution is 0.128. The maximum atomic E-state index is 6.00. The van der Waals surface area contributed by atoms with Gasteiger partial charge in [0.2, 0.25) is 0 Å². The molecule has 0 heterocycles. The van der Waals surface area contributed by atoms with Crippen LogP contribution in [-0.2, 0) is 0 Å². The quantitative estimate of drug-likeness (QED) is 0.766. The molecule has 2 N–H and O–H groups in total. The summed E-state index contributed by atoms with van der Waals surface area (Å²) in [6.07, 6.45) is 2.26. The molecule has 114 valence electrons. The van der Waals surface area contributed by atoms with Crippen LogP contribution >= 0.6 is 11.6 Å². The third-order valence-corrected chi connectivity index (χ3v) is 4.03. The van der Waals surface area contributed by atoms with Crippen LogP contribution in [-0.4, -0.2) is 24.5 Å². The van der Waals surface area contributed by atoms with Gasteiger partial charge in [0.25, 0.3) is 0 Å². The van der Waals surface area contributed by atoms with E-state index in [1.807, 2.05) is 12.1 Å². The molecule has 1 rings (SSSR count). The molecule has 1 aromatic rings. The van der Waals surface area contributed by atoms with E-state index in [0.29, 0.717) is 12.6 Å². The van der Waals surface area contributed by atoms with Crippen LogP contribution in [0.4, 0.5) is 0 Å². The second-order valence-corrected chi connectivity index (χ2v) is 6.75. The third kappa shape index (κ3) is 5.08. The predicted octanol–water partition coefficient (Wildman–Crippen LogP) is 4.49. The average molecular weight is 297 g/mol. The molecule has 0 radical (unpaired) electrons. The standard InChI is InChI=1S/C17H29ClN2/c1-5-11-20(13-17(3,4)12-19)16(6-2)14-7-9-15(18)10-8-14/h7-10,16H,5-6,11-13,19H2,1-4H3. The van der Waals surface area contributed by atoms with Gasteiger partial charge in [-0.05, 0) is 49.0 Å². The lowest BCUT2D eigenvalue weighted by Crippen LogP contribution is -2.41. The fourth-order valence-corrected chi connectivity index (χ4v) is 2.76. The molecule has 0 aliphatic rings. The highest BCUT2D eigenvalue weighted by Gasteiger charge is 2.25. The largest absolute Gasteiger partial charge is 0.330 e. The summed E-state index contributed by atoms with van der Waals surface area (Å²) in [4.78, 5) is 2.57. The smallest absolute Gasteiger partial charge is 0.0406 e. The van der Waals surface area contributed by atoms with Crippen molar-refractivity contribution in [3.63, 3.8) is 0 Å². The van der Waals surface area contributed by atoms with E-state index < -0.39 is 0 Å². The molecule has 0 aliphatic heterocycles. The van der Waals surface area contributed by atoms with Crippen LogP contribution < -0.4 is 5.73 Å². The number of rotatable bonds is 8. The lowest BCUT2D eigenvalue weighted by atomic mass is 9.91. The van der Waals surface area contributed by atoms with Crippen molar-refractivity contribution in [3.05, 3.63) is 34.9 Å². The van der Waals surface area contributed by atoms with E-state index in [-0.39, 0.29) is 5.41 Å². The number of halogens is 1. The molecule has 0 bridgehead atoms. The minimum absolute atomic E-state index is 0.148. The molecule has 1 aromatic carbocycles. The molecule has 0 spiro atoms.